The molecule has 0 unspecified atom stereocenters. The number of allylic oxidation sites excluding steroid dienone is 4. The van der Waals surface area contributed by atoms with Crippen LogP contribution in [0.1, 0.15) is 49.4 Å². The SMILES string of the molecule is CN(C)Cc1ccccc1CC[O-].CN(C)Cc1ccccc1CC[O-].C[C-](C)C.[C-]1=CC=CC1.[Hf+4]. The van der Waals surface area contributed by atoms with Gasteiger partial charge >= 0.3 is 25.8 Å². The van der Waals surface area contributed by atoms with E-state index in [2.05, 4.69) is 54.9 Å². The third kappa shape index (κ3) is 20.8. The molecule has 36 heavy (non-hydrogen) atoms. The number of rotatable bonds is 8. The smallest absolute Gasteiger partial charge is 0.854 e. The Morgan fingerprint density at radius 2 is 1.08 bits per heavy atom. The summed E-state index contributed by atoms with van der Waals surface area (Å²) in [6, 6.07) is 16.3. The summed E-state index contributed by atoms with van der Waals surface area (Å²) in [5, 5.41) is 21.0. The molecule has 0 saturated carbocycles. The maximum atomic E-state index is 10.5. The van der Waals surface area contributed by atoms with Crippen molar-refractivity contribution >= 4 is 0 Å². The van der Waals surface area contributed by atoms with Crippen molar-refractivity contribution in [3.8, 4) is 0 Å². The summed E-state index contributed by atoms with van der Waals surface area (Å²) < 4.78 is 0. The summed E-state index contributed by atoms with van der Waals surface area (Å²) in [5.74, 6) is 1.42. The van der Waals surface area contributed by atoms with Crippen molar-refractivity contribution in [3.63, 3.8) is 0 Å². The monoisotopic (exact) mass is 658 g/mol. The second-order valence-electron chi connectivity index (χ2n) is 9.42. The first-order chi connectivity index (χ1) is 16.7. The molecular weight excluding hydrogens is 611 g/mol. The molecule has 0 saturated heterocycles. The molecule has 0 bridgehead atoms. The fraction of sp³-hybridized carbons (Fsp3) is 0.452. The van der Waals surface area contributed by atoms with E-state index in [1.54, 1.807) is 0 Å². The molecule has 196 valence electrons. The minimum atomic E-state index is -0.0234. The topological polar surface area (TPSA) is 52.6 Å². The van der Waals surface area contributed by atoms with Crippen LogP contribution in [-0.4, -0.2) is 51.2 Å². The molecule has 0 aliphatic heterocycles. The largest absolute Gasteiger partial charge is 4.00 e. The predicted molar refractivity (Wildman–Crippen MR) is 147 cm³/mol. The molecule has 0 radical (unpaired) electrons. The van der Waals surface area contributed by atoms with Crippen molar-refractivity contribution in [2.24, 2.45) is 0 Å². The van der Waals surface area contributed by atoms with Gasteiger partial charge in [0.2, 0.25) is 0 Å². The molecule has 4 nitrogen and oxygen atoms in total. The molecule has 2 aromatic carbocycles. The van der Waals surface area contributed by atoms with Crippen LogP contribution in [0.15, 0.2) is 66.8 Å². The van der Waals surface area contributed by atoms with Crippen LogP contribution in [0.4, 0.5) is 0 Å². The summed E-state index contributed by atoms with van der Waals surface area (Å²) in [4.78, 5) is 4.23. The average Bonchev–Trinajstić information content (AvgIpc) is 3.37. The van der Waals surface area contributed by atoms with Crippen LogP contribution >= 0.6 is 0 Å². The van der Waals surface area contributed by atoms with Gasteiger partial charge in [-0.2, -0.15) is 26.8 Å². The zero-order valence-electron chi connectivity index (χ0n) is 23.5. The summed E-state index contributed by atoms with van der Waals surface area (Å²) in [5.41, 5.74) is 4.91. The first kappa shape index (κ1) is 36.8. The average molecular weight is 657 g/mol. The van der Waals surface area contributed by atoms with Crippen molar-refractivity contribution < 1.29 is 36.1 Å². The minimum Gasteiger partial charge on any atom is -0.854 e. The maximum absolute atomic E-state index is 10.5. The van der Waals surface area contributed by atoms with Gasteiger partial charge in [-0.3, -0.25) is 6.08 Å². The van der Waals surface area contributed by atoms with Crippen molar-refractivity contribution in [1.82, 2.24) is 9.80 Å². The van der Waals surface area contributed by atoms with Gasteiger partial charge in [0.25, 0.3) is 0 Å². The van der Waals surface area contributed by atoms with Gasteiger partial charge in [-0.25, -0.2) is 12.2 Å². The molecule has 0 spiro atoms. The van der Waals surface area contributed by atoms with Crippen LogP contribution < -0.4 is 10.2 Å². The fourth-order valence-electron chi connectivity index (χ4n) is 3.15. The Labute approximate surface area is 240 Å². The Hall–Kier alpha value is -1.37. The summed E-state index contributed by atoms with van der Waals surface area (Å²) in [6.07, 6.45) is 11.3. The Balaban J connectivity index is 0. The van der Waals surface area contributed by atoms with Crippen molar-refractivity contribution in [1.29, 1.82) is 0 Å². The van der Waals surface area contributed by atoms with Crippen LogP contribution in [0, 0.1) is 12.0 Å². The van der Waals surface area contributed by atoms with Crippen molar-refractivity contribution in [3.05, 3.63) is 101 Å². The molecule has 1 aliphatic carbocycles. The minimum absolute atomic E-state index is 0. The zero-order chi connectivity index (χ0) is 26.5. The molecule has 5 heteroatoms. The molecular formula is C31H46HfN2O2. The molecule has 0 fully saturated rings. The molecule has 0 N–H and O–H groups in total. The van der Waals surface area contributed by atoms with Crippen molar-refractivity contribution in [2.75, 3.05) is 41.4 Å². The van der Waals surface area contributed by atoms with E-state index >= 15 is 0 Å². The second-order valence-corrected chi connectivity index (χ2v) is 9.42. The van der Waals surface area contributed by atoms with E-state index in [0.29, 0.717) is 12.8 Å². The number of hydrogen-bond donors (Lipinski definition) is 0. The van der Waals surface area contributed by atoms with Gasteiger partial charge in [0.1, 0.15) is 0 Å². The molecule has 1 aliphatic rings. The van der Waals surface area contributed by atoms with Crippen LogP contribution in [0.3, 0.4) is 0 Å². The molecule has 0 heterocycles. The van der Waals surface area contributed by atoms with Gasteiger partial charge in [-0.05, 0) is 63.3 Å². The molecule has 0 atom stereocenters. The number of hydrogen-bond acceptors (Lipinski definition) is 4. The van der Waals surface area contributed by atoms with Crippen LogP contribution in [0.25, 0.3) is 0 Å². The van der Waals surface area contributed by atoms with E-state index in [9.17, 15) is 10.2 Å². The van der Waals surface area contributed by atoms with E-state index in [1.165, 1.54) is 28.2 Å². The Morgan fingerprint density at radius 3 is 1.31 bits per heavy atom. The molecule has 3 rings (SSSR count). The third-order valence-corrected chi connectivity index (χ3v) is 4.54. The molecule has 0 amide bonds. The van der Waals surface area contributed by atoms with Gasteiger partial charge < -0.3 is 25.9 Å². The first-order valence-corrected chi connectivity index (χ1v) is 12.3. The maximum Gasteiger partial charge on any atom is 4.00 e. The van der Waals surface area contributed by atoms with Crippen LogP contribution in [-0.2, 0) is 51.8 Å². The zero-order valence-corrected chi connectivity index (χ0v) is 27.1. The summed E-state index contributed by atoms with van der Waals surface area (Å²) >= 11 is 0. The van der Waals surface area contributed by atoms with Gasteiger partial charge in [0.15, 0.2) is 0 Å². The first-order valence-electron chi connectivity index (χ1n) is 12.3. The van der Waals surface area contributed by atoms with E-state index in [4.69, 9.17) is 0 Å². The summed E-state index contributed by atoms with van der Waals surface area (Å²) in [7, 11) is 8.14. The van der Waals surface area contributed by atoms with E-state index in [1.807, 2.05) is 76.7 Å². The van der Waals surface area contributed by atoms with Crippen LogP contribution in [0.5, 0.6) is 0 Å². The predicted octanol–water partition coefficient (Wildman–Crippen LogP) is 4.23. The quantitative estimate of drug-likeness (QED) is 0.316. The normalized spacial score (nSPS) is 11.2. The number of benzene rings is 2. The Morgan fingerprint density at radius 1 is 0.722 bits per heavy atom. The summed E-state index contributed by atoms with van der Waals surface area (Å²) in [6.45, 7) is 8.03. The second kappa shape index (κ2) is 24.0. The fourth-order valence-corrected chi connectivity index (χ4v) is 3.15. The standard InChI is InChI=1S/2C11H16NO.C5H5.C4H9.Hf/c2*1-12(2)9-11-6-4-3-5-10(11)7-8-13;1-2-4-5-3-1;1-4(2)3;/h2*3-6H,7-9H2,1-2H3;1-3H,4H2;1-3H3;/q4*-1;+4. The van der Waals surface area contributed by atoms with Crippen molar-refractivity contribution in [2.45, 2.75) is 53.1 Å². The third-order valence-electron chi connectivity index (χ3n) is 4.54. The van der Waals surface area contributed by atoms with Gasteiger partial charge in [0, 0.05) is 13.1 Å². The van der Waals surface area contributed by atoms with E-state index in [0.717, 1.165) is 19.5 Å². The van der Waals surface area contributed by atoms with Gasteiger partial charge in [-0.1, -0.05) is 48.5 Å². The van der Waals surface area contributed by atoms with Crippen LogP contribution in [0.2, 0.25) is 0 Å². The Kier molecular flexibility index (Phi) is 24.5. The van der Waals surface area contributed by atoms with E-state index < -0.39 is 0 Å². The van der Waals surface area contributed by atoms with E-state index in [-0.39, 0.29) is 39.1 Å². The molecule has 0 aromatic heterocycles. The van der Waals surface area contributed by atoms with Gasteiger partial charge in [0.05, 0.1) is 0 Å². The molecule has 2 aromatic rings. The van der Waals surface area contributed by atoms with Gasteiger partial charge in [-0.15, -0.1) is 19.6 Å². The number of nitrogens with zero attached hydrogens (tertiary/aromatic N) is 2. The Bertz CT molecular complexity index is 765.